The molecule has 0 radical (unpaired) electrons. The maximum Gasteiger partial charge on any atom is 0.259 e. The second-order valence-electron chi connectivity index (χ2n) is 5.06. The number of aliphatic hydroxyl groups is 1. The van der Waals surface area contributed by atoms with E-state index >= 15 is 0 Å². The zero-order valence-corrected chi connectivity index (χ0v) is 13.1. The zero-order valence-electron chi connectivity index (χ0n) is 11.6. The number of halogens is 1. The van der Waals surface area contributed by atoms with Gasteiger partial charge in [0.1, 0.15) is 6.04 Å². The molecule has 110 valence electrons. The monoisotopic (exact) mass is 356 g/mol. The van der Waals surface area contributed by atoms with Crippen molar-refractivity contribution in [1.82, 2.24) is 0 Å². The molecular formula is C17H13BrN2O2. The maximum atomic E-state index is 12.9. The molecule has 4 nitrogen and oxygen atoms in total. The van der Waals surface area contributed by atoms with E-state index in [9.17, 15) is 15.2 Å². The zero-order chi connectivity index (χ0) is 15.7. The van der Waals surface area contributed by atoms with E-state index in [1.165, 1.54) is 4.90 Å². The molecule has 0 spiro atoms. The van der Waals surface area contributed by atoms with Crippen LogP contribution in [0.5, 0.6) is 0 Å². The Labute approximate surface area is 136 Å². The van der Waals surface area contributed by atoms with Gasteiger partial charge >= 0.3 is 0 Å². The molecule has 0 unspecified atom stereocenters. The summed E-state index contributed by atoms with van der Waals surface area (Å²) in [5, 5.41) is 19.9. The van der Waals surface area contributed by atoms with Crippen LogP contribution in [0.25, 0.3) is 0 Å². The fourth-order valence-corrected chi connectivity index (χ4v) is 3.32. The first-order chi connectivity index (χ1) is 10.6. The third-order valence-electron chi connectivity index (χ3n) is 3.77. The lowest BCUT2D eigenvalue weighted by atomic mass is 9.93. The lowest BCUT2D eigenvalue weighted by molar-refractivity contribution is 0.0962. The van der Waals surface area contributed by atoms with Crippen LogP contribution in [-0.4, -0.2) is 21.9 Å². The number of hydrogen-bond acceptors (Lipinski definition) is 3. The van der Waals surface area contributed by atoms with Gasteiger partial charge in [-0.15, -0.1) is 0 Å². The third kappa shape index (κ3) is 2.31. The molecule has 0 aromatic heterocycles. The van der Waals surface area contributed by atoms with Gasteiger partial charge in [0.05, 0.1) is 22.7 Å². The van der Waals surface area contributed by atoms with Crippen LogP contribution in [0.2, 0.25) is 0 Å². The van der Waals surface area contributed by atoms with E-state index in [2.05, 4.69) is 22.0 Å². The highest BCUT2D eigenvalue weighted by molar-refractivity contribution is 9.09. The molecule has 3 atom stereocenters. The number of amides is 1. The van der Waals surface area contributed by atoms with Crippen molar-refractivity contribution in [2.75, 3.05) is 4.90 Å². The Bertz CT molecular complexity index is 742. The van der Waals surface area contributed by atoms with Crippen LogP contribution in [0.3, 0.4) is 0 Å². The van der Waals surface area contributed by atoms with Gasteiger partial charge < -0.3 is 5.11 Å². The topological polar surface area (TPSA) is 64.3 Å². The summed E-state index contributed by atoms with van der Waals surface area (Å²) in [5.41, 5.74) is 1.72. The van der Waals surface area contributed by atoms with Gasteiger partial charge in [0.15, 0.2) is 0 Å². The Morgan fingerprint density at radius 1 is 1.14 bits per heavy atom. The number of nitrogens with zero attached hydrogens (tertiary/aromatic N) is 2. The molecule has 2 aromatic carbocycles. The number of carbonyl (C=O) groups excluding carboxylic acids is 1. The van der Waals surface area contributed by atoms with Gasteiger partial charge in [-0.25, -0.2) is 0 Å². The van der Waals surface area contributed by atoms with Gasteiger partial charge in [-0.1, -0.05) is 52.3 Å². The minimum atomic E-state index is -0.833. The molecule has 1 amide bonds. The molecule has 1 aliphatic heterocycles. The fraction of sp³-hybridized carbons (Fsp3) is 0.176. The highest BCUT2D eigenvalue weighted by Crippen LogP contribution is 2.40. The van der Waals surface area contributed by atoms with Gasteiger partial charge in [0, 0.05) is 11.1 Å². The van der Waals surface area contributed by atoms with E-state index < -0.39 is 17.0 Å². The molecule has 22 heavy (non-hydrogen) atoms. The summed E-state index contributed by atoms with van der Waals surface area (Å²) >= 11 is 3.37. The van der Waals surface area contributed by atoms with Gasteiger partial charge in [-0.3, -0.25) is 9.69 Å². The Kier molecular flexibility index (Phi) is 3.97. The van der Waals surface area contributed by atoms with E-state index in [1.807, 2.05) is 6.07 Å². The van der Waals surface area contributed by atoms with Gasteiger partial charge in [0.25, 0.3) is 5.91 Å². The van der Waals surface area contributed by atoms with Crippen LogP contribution >= 0.6 is 15.9 Å². The molecule has 0 fully saturated rings. The lowest BCUT2D eigenvalue weighted by Crippen LogP contribution is -2.50. The molecule has 5 heteroatoms. The number of nitriles is 1. The maximum absolute atomic E-state index is 12.9. The highest BCUT2D eigenvalue weighted by Gasteiger charge is 2.42. The molecule has 3 rings (SSSR count). The van der Waals surface area contributed by atoms with Crippen molar-refractivity contribution in [2.24, 2.45) is 0 Å². The average molecular weight is 357 g/mol. The first-order valence-electron chi connectivity index (χ1n) is 6.84. The van der Waals surface area contributed by atoms with Crippen molar-refractivity contribution in [2.45, 2.75) is 17.0 Å². The predicted molar refractivity (Wildman–Crippen MR) is 86.8 cm³/mol. The summed E-state index contributed by atoms with van der Waals surface area (Å²) in [5.74, 6) is -0.254. The van der Waals surface area contributed by atoms with Crippen LogP contribution in [0.1, 0.15) is 22.0 Å². The third-order valence-corrected chi connectivity index (χ3v) is 4.77. The molecule has 1 aliphatic rings. The van der Waals surface area contributed by atoms with Crippen molar-refractivity contribution in [1.29, 1.82) is 5.26 Å². The number of para-hydroxylation sites is 1. The molecule has 0 bridgehead atoms. The number of carbonyl (C=O) groups is 1. The van der Waals surface area contributed by atoms with Gasteiger partial charge in [-0.2, -0.15) is 5.26 Å². The largest absolute Gasteiger partial charge is 0.387 e. The van der Waals surface area contributed by atoms with Crippen LogP contribution in [-0.2, 0) is 0 Å². The summed E-state index contributed by atoms with van der Waals surface area (Å²) in [7, 11) is 0. The minimum absolute atomic E-state index is 0.254. The first kappa shape index (κ1) is 14.8. The smallest absolute Gasteiger partial charge is 0.259 e. The van der Waals surface area contributed by atoms with E-state index in [0.717, 1.165) is 0 Å². The summed E-state index contributed by atoms with van der Waals surface area (Å²) < 4.78 is 0. The number of benzene rings is 2. The Morgan fingerprint density at radius 3 is 2.45 bits per heavy atom. The van der Waals surface area contributed by atoms with Crippen molar-refractivity contribution in [3.63, 3.8) is 0 Å². The molecule has 0 saturated carbocycles. The number of hydrogen-bond donors (Lipinski definition) is 1. The minimum Gasteiger partial charge on any atom is -0.387 e. The second kappa shape index (κ2) is 5.91. The number of aliphatic hydroxyl groups excluding tert-OH is 1. The van der Waals surface area contributed by atoms with Crippen molar-refractivity contribution in [3.05, 3.63) is 65.7 Å². The standard InChI is InChI=1S/C17H13BrN2O2/c18-15-14(10-19)20(17(22)11-6-2-1-3-7-11)13-9-5-4-8-12(13)16(15)21/h1-9,14-16,21H/t14-,15+,16+/m0/s1. The van der Waals surface area contributed by atoms with Crippen molar-refractivity contribution < 1.29 is 9.90 Å². The summed E-state index contributed by atoms with van der Waals surface area (Å²) in [4.78, 5) is 13.8. The van der Waals surface area contributed by atoms with Gasteiger partial charge in [-0.05, 0) is 18.2 Å². The fourth-order valence-electron chi connectivity index (χ4n) is 2.68. The lowest BCUT2D eigenvalue weighted by Gasteiger charge is -2.39. The summed E-state index contributed by atoms with van der Waals surface area (Å²) in [6.45, 7) is 0. The van der Waals surface area contributed by atoms with E-state index in [1.54, 1.807) is 48.5 Å². The summed E-state index contributed by atoms with van der Waals surface area (Å²) in [6, 6.07) is 17.3. The van der Waals surface area contributed by atoms with Crippen molar-refractivity contribution in [3.8, 4) is 6.07 Å². The quantitative estimate of drug-likeness (QED) is 0.798. The molecule has 2 aromatic rings. The van der Waals surface area contributed by atoms with Crippen molar-refractivity contribution >= 4 is 27.5 Å². The van der Waals surface area contributed by atoms with Gasteiger partial charge in [0.2, 0.25) is 0 Å². The second-order valence-corrected chi connectivity index (χ2v) is 6.12. The highest BCUT2D eigenvalue weighted by atomic mass is 79.9. The molecule has 0 aliphatic carbocycles. The predicted octanol–water partition coefficient (Wildman–Crippen LogP) is 3.04. The van der Waals surface area contributed by atoms with Crippen LogP contribution in [0.4, 0.5) is 5.69 Å². The molecule has 1 heterocycles. The van der Waals surface area contributed by atoms with Crippen LogP contribution in [0.15, 0.2) is 54.6 Å². The normalized spacial score (nSPS) is 23.5. The Morgan fingerprint density at radius 2 is 1.77 bits per heavy atom. The number of anilines is 1. The Hall–Kier alpha value is -2.16. The number of rotatable bonds is 1. The van der Waals surface area contributed by atoms with E-state index in [-0.39, 0.29) is 5.91 Å². The Balaban J connectivity index is 2.14. The number of fused-ring (bicyclic) bond motifs is 1. The molecular weight excluding hydrogens is 344 g/mol. The van der Waals surface area contributed by atoms with Crippen LogP contribution < -0.4 is 4.90 Å². The van der Waals surface area contributed by atoms with Crippen LogP contribution in [0, 0.1) is 11.3 Å². The molecule has 1 N–H and O–H groups in total. The summed E-state index contributed by atoms with van der Waals surface area (Å²) in [6.07, 6.45) is -0.833. The SMILES string of the molecule is N#C[C@H]1[C@@H](Br)[C@H](O)c2ccccc2N1C(=O)c1ccccc1. The van der Waals surface area contributed by atoms with E-state index in [0.29, 0.717) is 16.8 Å². The molecule has 0 saturated heterocycles. The number of alkyl halides is 1. The van der Waals surface area contributed by atoms with E-state index in [4.69, 9.17) is 0 Å². The first-order valence-corrected chi connectivity index (χ1v) is 7.76. The average Bonchev–Trinajstić information content (AvgIpc) is 2.58.